The number of hydrogen-bond donors (Lipinski definition) is 2. The third-order valence-corrected chi connectivity index (χ3v) is 3.74. The molecule has 2 aromatic rings. The number of hydrogen-bond acceptors (Lipinski definition) is 3. The lowest BCUT2D eigenvalue weighted by atomic mass is 9.97. The summed E-state index contributed by atoms with van der Waals surface area (Å²) in [7, 11) is 0. The fourth-order valence-electron chi connectivity index (χ4n) is 2.17. The molecule has 0 radical (unpaired) electrons. The van der Waals surface area contributed by atoms with Crippen molar-refractivity contribution in [3.8, 4) is 11.5 Å². The van der Waals surface area contributed by atoms with Gasteiger partial charge in [0.05, 0.1) is 0 Å². The summed E-state index contributed by atoms with van der Waals surface area (Å²) in [5.41, 5.74) is 2.18. The number of rotatable bonds is 6. The van der Waals surface area contributed by atoms with E-state index in [1.165, 1.54) is 17.7 Å². The molecule has 0 fully saturated rings. The van der Waals surface area contributed by atoms with Crippen molar-refractivity contribution < 1.29 is 19.7 Å². The second-order valence-electron chi connectivity index (χ2n) is 5.33. The van der Waals surface area contributed by atoms with Gasteiger partial charge in [0.2, 0.25) is 0 Å². The van der Waals surface area contributed by atoms with Gasteiger partial charge in [0.1, 0.15) is 23.7 Å². The van der Waals surface area contributed by atoms with E-state index < -0.39 is 5.97 Å². The van der Waals surface area contributed by atoms with Crippen molar-refractivity contribution in [2.24, 2.45) is 0 Å². The van der Waals surface area contributed by atoms with Gasteiger partial charge in [-0.2, -0.15) is 0 Å². The van der Waals surface area contributed by atoms with Crippen molar-refractivity contribution in [1.82, 2.24) is 0 Å². The Morgan fingerprint density at radius 2 is 2.00 bits per heavy atom. The van der Waals surface area contributed by atoms with Crippen LogP contribution in [0.5, 0.6) is 11.5 Å². The maximum absolute atomic E-state index is 10.8. The number of ether oxygens (including phenoxy) is 1. The molecule has 116 valence electrons. The summed E-state index contributed by atoms with van der Waals surface area (Å²) in [6.07, 6.45) is 1.08. The predicted molar refractivity (Wildman–Crippen MR) is 84.5 cm³/mol. The highest BCUT2D eigenvalue weighted by Gasteiger charge is 2.10. The van der Waals surface area contributed by atoms with Crippen LogP contribution in [0.3, 0.4) is 0 Å². The van der Waals surface area contributed by atoms with Crippen LogP contribution in [0, 0.1) is 0 Å². The molecule has 4 nitrogen and oxygen atoms in total. The summed E-state index contributed by atoms with van der Waals surface area (Å²) in [4.78, 5) is 10.8. The maximum atomic E-state index is 10.8. The number of carboxylic acids is 1. The van der Waals surface area contributed by atoms with E-state index in [-0.39, 0.29) is 11.3 Å². The lowest BCUT2D eigenvalue weighted by Gasteiger charge is -2.12. The smallest absolute Gasteiger partial charge is 0.339 e. The Bertz CT molecular complexity index is 664. The van der Waals surface area contributed by atoms with E-state index in [1.807, 2.05) is 12.1 Å². The van der Waals surface area contributed by atoms with Gasteiger partial charge in [0.15, 0.2) is 0 Å². The maximum Gasteiger partial charge on any atom is 0.339 e. The Labute approximate surface area is 130 Å². The first kappa shape index (κ1) is 15.9. The van der Waals surface area contributed by atoms with Crippen LogP contribution in [0.1, 0.15) is 47.7 Å². The van der Waals surface area contributed by atoms with Crippen LogP contribution in [0.4, 0.5) is 0 Å². The van der Waals surface area contributed by atoms with Gasteiger partial charge in [-0.15, -0.1) is 0 Å². The zero-order chi connectivity index (χ0) is 16.1. The Morgan fingerprint density at radius 3 is 2.64 bits per heavy atom. The molecule has 0 saturated carbocycles. The van der Waals surface area contributed by atoms with E-state index in [2.05, 4.69) is 26.0 Å². The molecule has 22 heavy (non-hydrogen) atoms. The van der Waals surface area contributed by atoms with E-state index in [4.69, 9.17) is 9.84 Å². The number of benzene rings is 2. The molecular formula is C18H20O4. The van der Waals surface area contributed by atoms with Crippen LogP contribution in [0.15, 0.2) is 42.5 Å². The van der Waals surface area contributed by atoms with Crippen molar-refractivity contribution >= 4 is 5.97 Å². The van der Waals surface area contributed by atoms with Crippen LogP contribution in [0.25, 0.3) is 0 Å². The number of phenols is 1. The van der Waals surface area contributed by atoms with Gasteiger partial charge in [-0.3, -0.25) is 0 Å². The fourth-order valence-corrected chi connectivity index (χ4v) is 2.17. The first-order valence-electron chi connectivity index (χ1n) is 7.29. The molecule has 1 atom stereocenters. The van der Waals surface area contributed by atoms with E-state index in [0.717, 1.165) is 12.0 Å². The van der Waals surface area contributed by atoms with Gasteiger partial charge < -0.3 is 14.9 Å². The fraction of sp³-hybridized carbons (Fsp3) is 0.278. The minimum atomic E-state index is -1.16. The van der Waals surface area contributed by atoms with E-state index in [0.29, 0.717) is 18.3 Å². The minimum Gasteiger partial charge on any atom is -0.507 e. The Kier molecular flexibility index (Phi) is 5.04. The van der Waals surface area contributed by atoms with Gasteiger partial charge in [-0.1, -0.05) is 38.1 Å². The lowest BCUT2D eigenvalue weighted by Crippen LogP contribution is -2.00. The first-order chi connectivity index (χ1) is 10.5. The van der Waals surface area contributed by atoms with Crippen molar-refractivity contribution in [2.75, 3.05) is 0 Å². The number of aromatic carboxylic acids is 1. The van der Waals surface area contributed by atoms with Gasteiger partial charge in [0.25, 0.3) is 0 Å². The minimum absolute atomic E-state index is 0.133. The highest BCUT2D eigenvalue weighted by atomic mass is 16.5. The standard InChI is InChI=1S/C18H20O4/c1-3-12(2)14-6-4-5-13(9-14)11-22-15-7-8-16(18(20)21)17(19)10-15/h4-10,12,19H,3,11H2,1-2H3,(H,20,21). The summed E-state index contributed by atoms with van der Waals surface area (Å²) in [5.74, 6) is -0.515. The largest absolute Gasteiger partial charge is 0.507 e. The van der Waals surface area contributed by atoms with Crippen molar-refractivity contribution in [2.45, 2.75) is 32.8 Å². The number of carbonyl (C=O) groups is 1. The molecule has 0 aliphatic rings. The second-order valence-corrected chi connectivity index (χ2v) is 5.33. The average molecular weight is 300 g/mol. The van der Waals surface area contributed by atoms with Gasteiger partial charge in [-0.05, 0) is 35.6 Å². The third-order valence-electron chi connectivity index (χ3n) is 3.74. The molecule has 0 heterocycles. The van der Waals surface area contributed by atoms with Crippen molar-refractivity contribution in [1.29, 1.82) is 0 Å². The van der Waals surface area contributed by atoms with Gasteiger partial charge in [0, 0.05) is 6.07 Å². The summed E-state index contributed by atoms with van der Waals surface area (Å²) < 4.78 is 5.62. The van der Waals surface area contributed by atoms with E-state index in [1.54, 1.807) is 6.07 Å². The Hall–Kier alpha value is -2.49. The van der Waals surface area contributed by atoms with E-state index in [9.17, 15) is 9.90 Å². The van der Waals surface area contributed by atoms with Crippen molar-refractivity contribution in [3.05, 3.63) is 59.2 Å². The zero-order valence-electron chi connectivity index (χ0n) is 12.7. The topological polar surface area (TPSA) is 66.8 Å². The molecule has 0 aliphatic heterocycles. The normalized spacial score (nSPS) is 11.9. The van der Waals surface area contributed by atoms with E-state index >= 15 is 0 Å². The summed E-state index contributed by atoms with van der Waals surface area (Å²) in [5, 5.41) is 18.5. The van der Waals surface area contributed by atoms with Gasteiger partial charge >= 0.3 is 5.97 Å². The molecule has 1 unspecified atom stereocenters. The Morgan fingerprint density at radius 1 is 1.23 bits per heavy atom. The molecule has 0 bridgehead atoms. The molecular weight excluding hydrogens is 280 g/mol. The zero-order valence-corrected chi connectivity index (χ0v) is 12.7. The molecule has 2 N–H and O–H groups in total. The number of aromatic hydroxyl groups is 1. The molecule has 0 saturated heterocycles. The summed E-state index contributed by atoms with van der Waals surface area (Å²) in [6.45, 7) is 4.71. The monoisotopic (exact) mass is 300 g/mol. The van der Waals surface area contributed by atoms with Crippen LogP contribution < -0.4 is 4.74 Å². The highest BCUT2D eigenvalue weighted by molar-refractivity contribution is 5.90. The molecule has 0 spiro atoms. The van der Waals surface area contributed by atoms with Crippen LogP contribution >= 0.6 is 0 Å². The first-order valence-corrected chi connectivity index (χ1v) is 7.29. The quantitative estimate of drug-likeness (QED) is 0.839. The summed E-state index contributed by atoms with van der Waals surface area (Å²) in [6, 6.07) is 12.4. The molecule has 4 heteroatoms. The van der Waals surface area contributed by atoms with Crippen LogP contribution in [-0.2, 0) is 6.61 Å². The molecule has 0 amide bonds. The van der Waals surface area contributed by atoms with Crippen LogP contribution in [-0.4, -0.2) is 16.2 Å². The average Bonchev–Trinajstić information content (AvgIpc) is 2.52. The number of carboxylic acid groups (broad SMARTS) is 1. The SMILES string of the molecule is CCC(C)c1cccc(COc2ccc(C(=O)O)c(O)c2)c1. The molecule has 2 aromatic carbocycles. The lowest BCUT2D eigenvalue weighted by molar-refractivity contribution is 0.0693. The van der Waals surface area contributed by atoms with Crippen LogP contribution in [0.2, 0.25) is 0 Å². The molecule has 0 aromatic heterocycles. The predicted octanol–water partition coefficient (Wildman–Crippen LogP) is 4.18. The highest BCUT2D eigenvalue weighted by Crippen LogP contribution is 2.25. The summed E-state index contributed by atoms with van der Waals surface area (Å²) >= 11 is 0. The second kappa shape index (κ2) is 6.98. The van der Waals surface area contributed by atoms with Crippen molar-refractivity contribution in [3.63, 3.8) is 0 Å². The third kappa shape index (κ3) is 3.79. The van der Waals surface area contributed by atoms with Gasteiger partial charge in [-0.25, -0.2) is 4.79 Å². The molecule has 0 aliphatic carbocycles. The Balaban J connectivity index is 2.07. The molecule has 2 rings (SSSR count).